The van der Waals surface area contributed by atoms with E-state index in [2.05, 4.69) is 17.5 Å². The summed E-state index contributed by atoms with van der Waals surface area (Å²) in [6.45, 7) is 0.561. The average Bonchev–Trinajstić information content (AvgIpc) is 2.91. The van der Waals surface area contributed by atoms with E-state index in [-0.39, 0.29) is 5.78 Å². The molecule has 0 unspecified atom stereocenters. The van der Waals surface area contributed by atoms with Crippen LogP contribution in [0.4, 0.5) is 0 Å². The van der Waals surface area contributed by atoms with Gasteiger partial charge in [0.25, 0.3) is 0 Å². The number of hydrogen-bond donors (Lipinski definition) is 1. The van der Waals surface area contributed by atoms with Crippen LogP contribution in [0.1, 0.15) is 21.5 Å². The Labute approximate surface area is 128 Å². The van der Waals surface area contributed by atoms with Gasteiger partial charge >= 0.3 is 0 Å². The van der Waals surface area contributed by atoms with Gasteiger partial charge in [0.05, 0.1) is 0 Å². The number of benzene rings is 2. The van der Waals surface area contributed by atoms with Crippen LogP contribution in [-0.4, -0.2) is 12.3 Å². The molecule has 0 aliphatic heterocycles. The predicted molar refractivity (Wildman–Crippen MR) is 89.1 cm³/mol. The first-order chi connectivity index (χ1) is 10.3. The first kappa shape index (κ1) is 14.0. The number of hydrogen-bond acceptors (Lipinski definition) is 3. The van der Waals surface area contributed by atoms with Gasteiger partial charge in [0, 0.05) is 16.7 Å². The Bertz CT molecular complexity index is 775. The first-order valence-electron chi connectivity index (χ1n) is 7.06. The van der Waals surface area contributed by atoms with E-state index >= 15 is 0 Å². The average molecular weight is 295 g/mol. The summed E-state index contributed by atoms with van der Waals surface area (Å²) in [7, 11) is 0. The summed E-state index contributed by atoms with van der Waals surface area (Å²) in [5, 5.41) is 3.28. The van der Waals surface area contributed by atoms with Crippen molar-refractivity contribution in [2.24, 2.45) is 5.73 Å². The molecule has 2 nitrogen and oxygen atoms in total. The Morgan fingerprint density at radius 3 is 2.62 bits per heavy atom. The molecule has 0 saturated carbocycles. The van der Waals surface area contributed by atoms with Gasteiger partial charge in [-0.15, -0.1) is 11.3 Å². The van der Waals surface area contributed by atoms with Crippen LogP contribution in [-0.2, 0) is 12.8 Å². The molecular formula is C18H17NOS. The van der Waals surface area contributed by atoms with Gasteiger partial charge in [-0.05, 0) is 40.9 Å². The molecule has 0 atom stereocenters. The minimum Gasteiger partial charge on any atom is -0.330 e. The Hall–Kier alpha value is -1.97. The van der Waals surface area contributed by atoms with Gasteiger partial charge in [-0.1, -0.05) is 42.5 Å². The molecule has 0 radical (unpaired) electrons. The second-order valence-electron chi connectivity index (χ2n) is 5.05. The van der Waals surface area contributed by atoms with Crippen LogP contribution in [0.2, 0.25) is 0 Å². The lowest BCUT2D eigenvalue weighted by Gasteiger charge is -2.07. The summed E-state index contributed by atoms with van der Waals surface area (Å²) < 4.78 is 1.23. The highest BCUT2D eigenvalue weighted by Gasteiger charge is 2.13. The van der Waals surface area contributed by atoms with Crippen LogP contribution < -0.4 is 5.73 Å². The maximum absolute atomic E-state index is 12.6. The molecule has 2 N–H and O–H groups in total. The fourth-order valence-electron chi connectivity index (χ4n) is 2.60. The monoisotopic (exact) mass is 295 g/mol. The van der Waals surface area contributed by atoms with Crippen molar-refractivity contribution in [2.45, 2.75) is 12.8 Å². The molecule has 1 heterocycles. The zero-order chi connectivity index (χ0) is 14.7. The molecule has 3 aromatic rings. The van der Waals surface area contributed by atoms with Crippen molar-refractivity contribution in [3.8, 4) is 0 Å². The molecule has 1 aromatic heterocycles. The standard InChI is InChI=1S/C18H17NOS/c19-10-9-13-5-1-2-6-15(13)17(20)11-14-12-21-18-8-4-3-7-16(14)18/h1-8,12H,9-11,19H2. The minimum atomic E-state index is 0.169. The van der Waals surface area contributed by atoms with Crippen molar-refractivity contribution >= 4 is 27.2 Å². The third kappa shape index (κ3) is 2.89. The third-order valence-corrected chi connectivity index (χ3v) is 4.66. The smallest absolute Gasteiger partial charge is 0.167 e. The van der Waals surface area contributed by atoms with Crippen molar-refractivity contribution < 1.29 is 4.79 Å². The van der Waals surface area contributed by atoms with Gasteiger partial charge < -0.3 is 5.73 Å². The normalized spacial score (nSPS) is 10.9. The van der Waals surface area contributed by atoms with E-state index in [1.807, 2.05) is 36.4 Å². The third-order valence-electron chi connectivity index (χ3n) is 3.64. The summed E-state index contributed by atoms with van der Waals surface area (Å²) in [5.74, 6) is 0.169. The molecular weight excluding hydrogens is 278 g/mol. The Morgan fingerprint density at radius 2 is 1.76 bits per heavy atom. The molecule has 0 bridgehead atoms. The number of carbonyl (C=O) groups is 1. The molecule has 0 fully saturated rings. The van der Waals surface area contributed by atoms with Crippen LogP contribution >= 0.6 is 11.3 Å². The lowest BCUT2D eigenvalue weighted by Crippen LogP contribution is -2.10. The first-order valence-corrected chi connectivity index (χ1v) is 7.94. The maximum Gasteiger partial charge on any atom is 0.167 e. The topological polar surface area (TPSA) is 43.1 Å². The van der Waals surface area contributed by atoms with Gasteiger partial charge in [0.2, 0.25) is 0 Å². The van der Waals surface area contributed by atoms with E-state index in [1.165, 1.54) is 10.1 Å². The summed E-state index contributed by atoms with van der Waals surface area (Å²) >= 11 is 1.69. The molecule has 0 aliphatic carbocycles. The molecule has 0 amide bonds. The summed E-state index contributed by atoms with van der Waals surface area (Å²) in [6, 6.07) is 16.0. The second kappa shape index (κ2) is 6.20. The zero-order valence-electron chi connectivity index (χ0n) is 11.7. The Morgan fingerprint density at radius 1 is 1.00 bits per heavy atom. The fraction of sp³-hybridized carbons (Fsp3) is 0.167. The second-order valence-corrected chi connectivity index (χ2v) is 5.96. The number of ketones is 1. The molecule has 0 aliphatic rings. The fourth-order valence-corrected chi connectivity index (χ4v) is 3.57. The Kier molecular flexibility index (Phi) is 4.13. The number of fused-ring (bicyclic) bond motifs is 1. The summed E-state index contributed by atoms with van der Waals surface area (Å²) in [6.07, 6.45) is 1.19. The highest BCUT2D eigenvalue weighted by molar-refractivity contribution is 7.17. The minimum absolute atomic E-state index is 0.169. The summed E-state index contributed by atoms with van der Waals surface area (Å²) in [4.78, 5) is 12.6. The van der Waals surface area contributed by atoms with Gasteiger partial charge in [-0.3, -0.25) is 4.79 Å². The SMILES string of the molecule is NCCc1ccccc1C(=O)Cc1csc2ccccc12. The van der Waals surface area contributed by atoms with Crippen LogP contribution in [0.15, 0.2) is 53.9 Å². The number of rotatable bonds is 5. The molecule has 0 spiro atoms. The predicted octanol–water partition coefficient (Wildman–Crippen LogP) is 3.83. The van der Waals surface area contributed by atoms with Crippen molar-refractivity contribution in [3.63, 3.8) is 0 Å². The van der Waals surface area contributed by atoms with Crippen LogP contribution in [0.5, 0.6) is 0 Å². The van der Waals surface area contributed by atoms with Gasteiger partial charge in [-0.25, -0.2) is 0 Å². The number of thiophene rings is 1. The Balaban J connectivity index is 1.90. The largest absolute Gasteiger partial charge is 0.330 e. The zero-order valence-corrected chi connectivity index (χ0v) is 12.5. The van der Waals surface area contributed by atoms with Crippen molar-refractivity contribution in [3.05, 3.63) is 70.6 Å². The molecule has 3 rings (SSSR count). The van der Waals surface area contributed by atoms with E-state index in [0.717, 1.165) is 23.1 Å². The lowest BCUT2D eigenvalue weighted by molar-refractivity contribution is 0.0992. The molecule has 21 heavy (non-hydrogen) atoms. The molecule has 2 aromatic carbocycles. The van der Waals surface area contributed by atoms with Crippen LogP contribution in [0, 0.1) is 0 Å². The number of carbonyl (C=O) groups excluding carboxylic acids is 1. The number of nitrogens with two attached hydrogens (primary N) is 1. The highest BCUT2D eigenvalue weighted by Crippen LogP contribution is 2.27. The maximum atomic E-state index is 12.6. The van der Waals surface area contributed by atoms with E-state index in [4.69, 9.17) is 5.73 Å². The van der Waals surface area contributed by atoms with E-state index < -0.39 is 0 Å². The molecule has 0 saturated heterocycles. The number of Topliss-reactive ketones (excluding diaryl/α,β-unsaturated/α-hetero) is 1. The van der Waals surface area contributed by atoms with Crippen LogP contribution in [0.3, 0.4) is 0 Å². The quantitative estimate of drug-likeness (QED) is 0.727. The van der Waals surface area contributed by atoms with E-state index in [9.17, 15) is 4.79 Å². The van der Waals surface area contributed by atoms with Crippen LogP contribution in [0.25, 0.3) is 10.1 Å². The van der Waals surface area contributed by atoms with Crippen molar-refractivity contribution in [1.29, 1.82) is 0 Å². The van der Waals surface area contributed by atoms with Crippen molar-refractivity contribution in [2.75, 3.05) is 6.54 Å². The lowest BCUT2D eigenvalue weighted by atomic mass is 9.97. The van der Waals surface area contributed by atoms with Gasteiger partial charge in [0.15, 0.2) is 5.78 Å². The van der Waals surface area contributed by atoms with E-state index in [0.29, 0.717) is 13.0 Å². The highest BCUT2D eigenvalue weighted by atomic mass is 32.1. The van der Waals surface area contributed by atoms with Gasteiger partial charge in [0.1, 0.15) is 0 Å². The van der Waals surface area contributed by atoms with E-state index in [1.54, 1.807) is 11.3 Å². The van der Waals surface area contributed by atoms with Crippen molar-refractivity contribution in [1.82, 2.24) is 0 Å². The molecule has 106 valence electrons. The summed E-state index contributed by atoms with van der Waals surface area (Å²) in [5.41, 5.74) is 8.59. The van der Waals surface area contributed by atoms with Gasteiger partial charge in [-0.2, -0.15) is 0 Å². The molecule has 3 heteroatoms.